The number of hydrazone groups is 1. The topological polar surface area (TPSA) is 82.7 Å². The van der Waals surface area contributed by atoms with Crippen LogP contribution in [0.3, 0.4) is 0 Å². The first-order valence-electron chi connectivity index (χ1n) is 12.3. The van der Waals surface area contributed by atoms with Gasteiger partial charge < -0.3 is 14.2 Å². The van der Waals surface area contributed by atoms with E-state index in [2.05, 4.69) is 30.3 Å². The van der Waals surface area contributed by atoms with E-state index in [0.717, 1.165) is 64.0 Å². The molecule has 3 aromatic rings. The number of anilines is 3. The molecule has 36 heavy (non-hydrogen) atoms. The molecule has 11 heteroatoms. The number of benzene rings is 1. The number of halogens is 3. The van der Waals surface area contributed by atoms with Gasteiger partial charge in [0.05, 0.1) is 11.8 Å². The van der Waals surface area contributed by atoms with Crippen LogP contribution >= 0.6 is 0 Å². The van der Waals surface area contributed by atoms with E-state index in [1.165, 1.54) is 25.1 Å². The Kier molecular flexibility index (Phi) is 7.06. The molecule has 0 atom stereocenters. The predicted octanol–water partition coefficient (Wildman–Crippen LogP) is 5.58. The molecule has 2 aromatic heterocycles. The van der Waals surface area contributed by atoms with Gasteiger partial charge in [-0.05, 0) is 62.8 Å². The third-order valence-corrected chi connectivity index (χ3v) is 6.35. The number of alkyl halides is 3. The number of nitrogens with zero attached hydrogens (tertiary/aromatic N) is 6. The van der Waals surface area contributed by atoms with E-state index >= 15 is 0 Å². The van der Waals surface area contributed by atoms with E-state index in [1.54, 1.807) is 18.2 Å². The second kappa shape index (κ2) is 10.5. The van der Waals surface area contributed by atoms with Crippen molar-refractivity contribution in [1.82, 2.24) is 15.0 Å². The van der Waals surface area contributed by atoms with Crippen molar-refractivity contribution in [2.45, 2.75) is 44.7 Å². The quantitative estimate of drug-likeness (QED) is 0.350. The second-order valence-electron chi connectivity index (χ2n) is 9.01. The minimum absolute atomic E-state index is 0.322. The first kappa shape index (κ1) is 24.1. The predicted molar refractivity (Wildman–Crippen MR) is 132 cm³/mol. The summed E-state index contributed by atoms with van der Waals surface area (Å²) in [6.45, 7) is 3.65. The van der Waals surface area contributed by atoms with Gasteiger partial charge in [0.2, 0.25) is 17.8 Å². The van der Waals surface area contributed by atoms with Crippen LogP contribution in [0, 0.1) is 0 Å². The van der Waals surface area contributed by atoms with E-state index in [9.17, 15) is 13.2 Å². The molecule has 8 nitrogen and oxygen atoms in total. The molecule has 0 radical (unpaired) electrons. The summed E-state index contributed by atoms with van der Waals surface area (Å²) >= 11 is 0. The molecular weight excluding hydrogens is 471 g/mol. The molecule has 2 aliphatic rings. The average Bonchev–Trinajstić information content (AvgIpc) is 3.38. The smallest absolute Gasteiger partial charge is 0.416 e. The largest absolute Gasteiger partial charge is 0.455 e. The Hall–Kier alpha value is -3.63. The van der Waals surface area contributed by atoms with E-state index in [0.29, 0.717) is 34.9 Å². The molecule has 2 saturated heterocycles. The summed E-state index contributed by atoms with van der Waals surface area (Å²) in [6.07, 6.45) is 3.89. The maximum Gasteiger partial charge on any atom is 0.416 e. The third kappa shape index (κ3) is 5.77. The average molecular weight is 500 g/mol. The van der Waals surface area contributed by atoms with Crippen LogP contribution in [-0.2, 0) is 6.18 Å². The lowest BCUT2D eigenvalue weighted by Gasteiger charge is -2.30. The highest BCUT2D eigenvalue weighted by Crippen LogP contribution is 2.32. The number of nitrogens with one attached hydrogen (secondary N) is 1. The van der Waals surface area contributed by atoms with Crippen molar-refractivity contribution in [3.63, 3.8) is 0 Å². The molecule has 190 valence electrons. The molecule has 4 heterocycles. The van der Waals surface area contributed by atoms with Crippen molar-refractivity contribution in [1.29, 1.82) is 0 Å². The van der Waals surface area contributed by atoms with E-state index in [-0.39, 0.29) is 0 Å². The van der Waals surface area contributed by atoms with Crippen molar-refractivity contribution < 1.29 is 17.6 Å². The van der Waals surface area contributed by atoms with Crippen LogP contribution in [0.15, 0.2) is 45.9 Å². The van der Waals surface area contributed by atoms with Gasteiger partial charge in [-0.3, -0.25) is 0 Å². The van der Waals surface area contributed by atoms with E-state index < -0.39 is 11.7 Å². The highest BCUT2D eigenvalue weighted by atomic mass is 19.4. The van der Waals surface area contributed by atoms with Gasteiger partial charge in [0.15, 0.2) is 0 Å². The lowest BCUT2D eigenvalue weighted by Crippen LogP contribution is -2.34. The molecule has 0 bridgehead atoms. The summed E-state index contributed by atoms with van der Waals surface area (Å²) in [4.78, 5) is 18.3. The van der Waals surface area contributed by atoms with Crippen LogP contribution in [-0.4, -0.2) is 47.3 Å². The number of aromatic nitrogens is 3. The molecule has 0 amide bonds. The molecule has 0 spiro atoms. The maximum atomic E-state index is 13.0. The highest BCUT2D eigenvalue weighted by Gasteiger charge is 2.30. The standard InChI is InChI=1S/C25H28F3N7O/c26-25(27,28)19-9-7-8-18(16-19)21-11-10-20(36-21)17-29-33-22-30-23(34-12-3-1-4-13-34)32-24(31-22)35-14-5-2-6-15-35/h7-11,16-17H,1-6,12-15H2,(H,30,31,32,33)/b29-17-. The van der Waals surface area contributed by atoms with E-state index in [4.69, 9.17) is 9.40 Å². The fourth-order valence-corrected chi connectivity index (χ4v) is 4.45. The summed E-state index contributed by atoms with van der Waals surface area (Å²) in [6, 6.07) is 8.28. The van der Waals surface area contributed by atoms with Gasteiger partial charge >= 0.3 is 6.18 Å². The van der Waals surface area contributed by atoms with Crippen molar-refractivity contribution in [2.24, 2.45) is 5.10 Å². The lowest BCUT2D eigenvalue weighted by atomic mass is 10.1. The Labute approximate surface area is 207 Å². The number of furan rings is 1. The zero-order chi connectivity index (χ0) is 25.0. The Morgan fingerprint density at radius 1 is 0.833 bits per heavy atom. The maximum absolute atomic E-state index is 13.0. The van der Waals surface area contributed by atoms with Gasteiger partial charge in [0.25, 0.3) is 0 Å². The van der Waals surface area contributed by atoms with Gasteiger partial charge in [-0.25, -0.2) is 5.43 Å². The van der Waals surface area contributed by atoms with Crippen molar-refractivity contribution in [2.75, 3.05) is 41.4 Å². The minimum Gasteiger partial charge on any atom is -0.455 e. The Morgan fingerprint density at radius 2 is 1.47 bits per heavy atom. The fraction of sp³-hybridized carbons (Fsp3) is 0.440. The summed E-state index contributed by atoms with van der Waals surface area (Å²) in [5.74, 6) is 2.34. The molecule has 0 aliphatic carbocycles. The number of hydrogen-bond acceptors (Lipinski definition) is 8. The van der Waals surface area contributed by atoms with Crippen LogP contribution in [0.1, 0.15) is 49.8 Å². The van der Waals surface area contributed by atoms with Gasteiger partial charge in [-0.15, -0.1) is 0 Å². The first-order chi connectivity index (χ1) is 17.5. The Bertz CT molecular complexity index is 1160. The van der Waals surface area contributed by atoms with Crippen molar-refractivity contribution in [3.05, 3.63) is 47.7 Å². The normalized spacial score (nSPS) is 17.1. The van der Waals surface area contributed by atoms with E-state index in [1.807, 2.05) is 0 Å². The van der Waals surface area contributed by atoms with Gasteiger partial charge in [-0.2, -0.15) is 33.2 Å². The molecule has 1 N–H and O–H groups in total. The van der Waals surface area contributed by atoms with Gasteiger partial charge in [0, 0.05) is 31.7 Å². The van der Waals surface area contributed by atoms with Crippen LogP contribution in [0.25, 0.3) is 11.3 Å². The molecular formula is C25H28F3N7O. The third-order valence-electron chi connectivity index (χ3n) is 6.35. The SMILES string of the molecule is FC(F)(F)c1cccc(-c2ccc(/C=N\Nc3nc(N4CCCCC4)nc(N4CCCCC4)n3)o2)c1. The van der Waals surface area contributed by atoms with Crippen LogP contribution < -0.4 is 15.2 Å². The fourth-order valence-electron chi connectivity index (χ4n) is 4.45. The monoisotopic (exact) mass is 499 g/mol. The molecule has 2 aliphatic heterocycles. The second-order valence-corrected chi connectivity index (χ2v) is 9.01. The van der Waals surface area contributed by atoms with Crippen LogP contribution in [0.5, 0.6) is 0 Å². The lowest BCUT2D eigenvalue weighted by molar-refractivity contribution is -0.137. The number of piperidine rings is 2. The first-order valence-corrected chi connectivity index (χ1v) is 12.3. The molecule has 2 fully saturated rings. The Balaban J connectivity index is 1.32. The summed E-state index contributed by atoms with van der Waals surface area (Å²) in [5.41, 5.74) is 2.49. The minimum atomic E-state index is -4.42. The molecule has 5 rings (SSSR count). The summed E-state index contributed by atoms with van der Waals surface area (Å²) < 4.78 is 44.8. The molecule has 0 saturated carbocycles. The van der Waals surface area contributed by atoms with Gasteiger partial charge in [-0.1, -0.05) is 12.1 Å². The number of rotatable bonds is 6. The summed E-state index contributed by atoms with van der Waals surface area (Å²) in [5, 5.41) is 4.21. The summed E-state index contributed by atoms with van der Waals surface area (Å²) in [7, 11) is 0. The highest BCUT2D eigenvalue weighted by molar-refractivity contribution is 5.78. The Morgan fingerprint density at radius 3 is 2.08 bits per heavy atom. The van der Waals surface area contributed by atoms with Crippen molar-refractivity contribution >= 4 is 24.1 Å². The van der Waals surface area contributed by atoms with Crippen LogP contribution in [0.2, 0.25) is 0 Å². The van der Waals surface area contributed by atoms with Crippen LogP contribution in [0.4, 0.5) is 31.0 Å². The number of hydrogen-bond donors (Lipinski definition) is 1. The van der Waals surface area contributed by atoms with Gasteiger partial charge in [0.1, 0.15) is 11.5 Å². The zero-order valence-corrected chi connectivity index (χ0v) is 19.8. The molecule has 1 aromatic carbocycles. The zero-order valence-electron chi connectivity index (χ0n) is 19.8. The molecule has 0 unspecified atom stereocenters. The van der Waals surface area contributed by atoms with Crippen molar-refractivity contribution in [3.8, 4) is 11.3 Å².